The Kier molecular flexibility index (Phi) is 2.53. The van der Waals surface area contributed by atoms with Gasteiger partial charge in [-0.25, -0.2) is 4.98 Å². The van der Waals surface area contributed by atoms with Gasteiger partial charge in [-0.1, -0.05) is 18.2 Å². The number of nitrogens with zero attached hydrogens (tertiary/aromatic N) is 3. The summed E-state index contributed by atoms with van der Waals surface area (Å²) < 4.78 is 0. The number of rotatable bonds is 2. The van der Waals surface area contributed by atoms with E-state index in [1.807, 2.05) is 46.8 Å². The highest BCUT2D eigenvalue weighted by atomic mass is 32.1. The van der Waals surface area contributed by atoms with E-state index in [0.29, 0.717) is 12.5 Å². The molecule has 0 saturated carbocycles. The third kappa shape index (κ3) is 1.78. The molecule has 1 aromatic carbocycles. The molecule has 1 aromatic heterocycles. The van der Waals surface area contributed by atoms with Crippen molar-refractivity contribution in [2.75, 3.05) is 11.4 Å². The van der Waals surface area contributed by atoms with Gasteiger partial charge in [0, 0.05) is 17.3 Å². The molecular weight excluding hydrogens is 232 g/mol. The van der Waals surface area contributed by atoms with E-state index in [2.05, 4.69) is 9.98 Å². The van der Waals surface area contributed by atoms with Crippen LogP contribution in [0.15, 0.2) is 46.9 Å². The predicted octanol–water partition coefficient (Wildman–Crippen LogP) is 2.02. The van der Waals surface area contributed by atoms with Crippen LogP contribution in [0, 0.1) is 0 Å². The molecule has 0 aliphatic carbocycles. The van der Waals surface area contributed by atoms with E-state index in [9.17, 15) is 0 Å². The maximum absolute atomic E-state index is 5.96. The summed E-state index contributed by atoms with van der Waals surface area (Å²) in [6, 6.07) is 10.2. The largest absolute Gasteiger partial charge is 0.369 e. The van der Waals surface area contributed by atoms with E-state index < -0.39 is 0 Å². The zero-order valence-corrected chi connectivity index (χ0v) is 9.97. The zero-order chi connectivity index (χ0) is 11.7. The first kappa shape index (κ1) is 10.3. The summed E-state index contributed by atoms with van der Waals surface area (Å²) in [4.78, 5) is 10.7. The van der Waals surface area contributed by atoms with Crippen molar-refractivity contribution in [3.05, 3.63) is 46.9 Å². The highest BCUT2D eigenvalue weighted by molar-refractivity contribution is 7.09. The van der Waals surface area contributed by atoms with Gasteiger partial charge in [0.15, 0.2) is 5.96 Å². The number of thiazole rings is 1. The van der Waals surface area contributed by atoms with Crippen molar-refractivity contribution in [2.24, 2.45) is 10.7 Å². The lowest BCUT2D eigenvalue weighted by atomic mass is 10.2. The molecule has 4 nitrogen and oxygen atoms in total. The normalized spacial score (nSPS) is 19.4. The van der Waals surface area contributed by atoms with Crippen LogP contribution in [0.4, 0.5) is 5.69 Å². The molecule has 0 radical (unpaired) electrons. The molecule has 2 N–H and O–H groups in total. The number of guanidine groups is 1. The second kappa shape index (κ2) is 4.18. The molecular formula is C12H12N4S. The van der Waals surface area contributed by atoms with Gasteiger partial charge in [-0.2, -0.15) is 0 Å². The van der Waals surface area contributed by atoms with Gasteiger partial charge >= 0.3 is 0 Å². The number of aromatic nitrogens is 1. The number of nitrogens with two attached hydrogens (primary N) is 1. The average Bonchev–Trinajstić information content (AvgIpc) is 2.98. The Labute approximate surface area is 103 Å². The van der Waals surface area contributed by atoms with Crippen LogP contribution in [0.2, 0.25) is 0 Å². The Balaban J connectivity index is 1.98. The van der Waals surface area contributed by atoms with Crippen LogP contribution in [0.3, 0.4) is 0 Å². The summed E-state index contributed by atoms with van der Waals surface area (Å²) >= 11 is 1.64. The van der Waals surface area contributed by atoms with Crippen LogP contribution in [-0.4, -0.2) is 17.5 Å². The van der Waals surface area contributed by atoms with E-state index in [0.717, 1.165) is 10.7 Å². The maximum atomic E-state index is 5.96. The van der Waals surface area contributed by atoms with Crippen molar-refractivity contribution in [3.63, 3.8) is 0 Å². The van der Waals surface area contributed by atoms with Crippen molar-refractivity contribution in [3.8, 4) is 0 Å². The van der Waals surface area contributed by atoms with Gasteiger partial charge in [-0.15, -0.1) is 11.3 Å². The van der Waals surface area contributed by atoms with Crippen molar-refractivity contribution < 1.29 is 0 Å². The monoisotopic (exact) mass is 244 g/mol. The lowest BCUT2D eigenvalue weighted by Gasteiger charge is -2.24. The van der Waals surface area contributed by atoms with Crippen LogP contribution < -0.4 is 10.6 Å². The first-order chi connectivity index (χ1) is 8.36. The van der Waals surface area contributed by atoms with Gasteiger partial charge in [-0.05, 0) is 12.1 Å². The second-order valence-corrected chi connectivity index (χ2v) is 4.72. The topological polar surface area (TPSA) is 54.5 Å². The average molecular weight is 244 g/mol. The molecule has 3 rings (SSSR count). The molecule has 0 saturated heterocycles. The van der Waals surface area contributed by atoms with Gasteiger partial charge in [0.05, 0.1) is 6.54 Å². The van der Waals surface area contributed by atoms with Crippen LogP contribution in [0.1, 0.15) is 11.0 Å². The molecule has 2 heterocycles. The number of hydrogen-bond donors (Lipinski definition) is 1. The Bertz CT molecular complexity index is 521. The maximum Gasteiger partial charge on any atom is 0.196 e. The molecule has 5 heteroatoms. The third-order valence-corrected chi connectivity index (χ3v) is 3.63. The van der Waals surface area contributed by atoms with Crippen molar-refractivity contribution in [1.29, 1.82) is 0 Å². The summed E-state index contributed by atoms with van der Waals surface area (Å²) in [7, 11) is 0. The molecule has 1 unspecified atom stereocenters. The molecule has 86 valence electrons. The molecule has 2 aromatic rings. The first-order valence-electron chi connectivity index (χ1n) is 5.40. The lowest BCUT2D eigenvalue weighted by Crippen LogP contribution is -2.36. The molecule has 0 spiro atoms. The Hall–Kier alpha value is -1.88. The molecule has 0 bridgehead atoms. The fourth-order valence-corrected chi connectivity index (χ4v) is 2.71. The minimum Gasteiger partial charge on any atom is -0.369 e. The number of benzene rings is 1. The third-order valence-electron chi connectivity index (χ3n) is 2.76. The fourth-order valence-electron chi connectivity index (χ4n) is 1.99. The summed E-state index contributed by atoms with van der Waals surface area (Å²) in [6.45, 7) is 0.675. The van der Waals surface area contributed by atoms with Crippen LogP contribution >= 0.6 is 11.3 Å². The Morgan fingerprint density at radius 3 is 2.82 bits per heavy atom. The summed E-state index contributed by atoms with van der Waals surface area (Å²) in [6.07, 6.45) is 1.82. The standard InChI is InChI=1S/C12H12N4S/c13-12-15-8-10(11-14-6-7-17-11)16(12)9-4-2-1-3-5-9/h1-7,10H,8H2,(H2,13,15). The lowest BCUT2D eigenvalue weighted by molar-refractivity contribution is 0.760. The second-order valence-electron chi connectivity index (χ2n) is 3.79. The van der Waals surface area contributed by atoms with Gasteiger partial charge in [0.2, 0.25) is 0 Å². The highest BCUT2D eigenvalue weighted by Gasteiger charge is 2.30. The fraction of sp³-hybridized carbons (Fsp3) is 0.167. The van der Waals surface area contributed by atoms with Gasteiger partial charge in [-0.3, -0.25) is 4.99 Å². The minimum absolute atomic E-state index is 0.136. The van der Waals surface area contributed by atoms with E-state index in [4.69, 9.17) is 5.73 Å². The molecule has 0 amide bonds. The molecule has 1 aliphatic heterocycles. The highest BCUT2D eigenvalue weighted by Crippen LogP contribution is 2.31. The first-order valence-corrected chi connectivity index (χ1v) is 6.28. The van der Waals surface area contributed by atoms with E-state index in [1.54, 1.807) is 11.3 Å². The smallest absolute Gasteiger partial charge is 0.196 e. The summed E-state index contributed by atoms with van der Waals surface area (Å²) in [5.74, 6) is 0.566. The summed E-state index contributed by atoms with van der Waals surface area (Å²) in [5.41, 5.74) is 7.02. The summed E-state index contributed by atoms with van der Waals surface area (Å²) in [5, 5.41) is 3.03. The van der Waals surface area contributed by atoms with Crippen molar-refractivity contribution in [1.82, 2.24) is 4.98 Å². The van der Waals surface area contributed by atoms with Gasteiger partial charge in [0.25, 0.3) is 0 Å². The Morgan fingerprint density at radius 2 is 2.12 bits per heavy atom. The number of para-hydroxylation sites is 1. The van der Waals surface area contributed by atoms with E-state index >= 15 is 0 Å². The van der Waals surface area contributed by atoms with Gasteiger partial charge < -0.3 is 10.6 Å². The number of anilines is 1. The molecule has 1 atom stereocenters. The molecule has 17 heavy (non-hydrogen) atoms. The van der Waals surface area contributed by atoms with Crippen LogP contribution in [0.25, 0.3) is 0 Å². The van der Waals surface area contributed by atoms with Gasteiger partial charge in [0.1, 0.15) is 11.0 Å². The number of aliphatic imine (C=N–C) groups is 1. The molecule has 0 fully saturated rings. The Morgan fingerprint density at radius 1 is 1.29 bits per heavy atom. The predicted molar refractivity (Wildman–Crippen MR) is 70.3 cm³/mol. The molecule has 1 aliphatic rings. The SMILES string of the molecule is NC1=NCC(c2nccs2)N1c1ccccc1. The van der Waals surface area contributed by atoms with E-state index in [-0.39, 0.29) is 6.04 Å². The number of hydrogen-bond acceptors (Lipinski definition) is 5. The zero-order valence-electron chi connectivity index (χ0n) is 9.15. The quantitative estimate of drug-likeness (QED) is 0.879. The van der Waals surface area contributed by atoms with Crippen molar-refractivity contribution >= 4 is 23.0 Å². The van der Waals surface area contributed by atoms with E-state index in [1.165, 1.54) is 0 Å². The minimum atomic E-state index is 0.136. The van der Waals surface area contributed by atoms with Crippen LogP contribution in [-0.2, 0) is 0 Å². The van der Waals surface area contributed by atoms with Crippen molar-refractivity contribution in [2.45, 2.75) is 6.04 Å². The van der Waals surface area contributed by atoms with Crippen LogP contribution in [0.5, 0.6) is 0 Å².